The lowest BCUT2D eigenvalue weighted by molar-refractivity contribution is -0.137. The Morgan fingerprint density at radius 3 is 2.32 bits per heavy atom. The lowest BCUT2D eigenvalue weighted by atomic mass is 10.0. The van der Waals surface area contributed by atoms with Crippen molar-refractivity contribution in [1.82, 2.24) is 19.6 Å². The molecule has 6 rings (SSSR count). The fourth-order valence-electron chi connectivity index (χ4n) is 5.26. The average Bonchev–Trinajstić information content (AvgIpc) is 3.63. The molecule has 0 bridgehead atoms. The summed E-state index contributed by atoms with van der Waals surface area (Å²) in [4.78, 5) is 45.3. The van der Waals surface area contributed by atoms with Crippen molar-refractivity contribution in [2.75, 3.05) is 43.4 Å². The number of thioether (sulfide) groups is 1. The highest BCUT2D eigenvalue weighted by molar-refractivity contribution is 8.00. The van der Waals surface area contributed by atoms with E-state index in [9.17, 15) is 18.8 Å². The van der Waals surface area contributed by atoms with E-state index in [4.69, 9.17) is 5.10 Å². The molecule has 210 valence electrons. The van der Waals surface area contributed by atoms with Gasteiger partial charge in [0.05, 0.1) is 22.4 Å². The molecule has 1 atom stereocenters. The summed E-state index contributed by atoms with van der Waals surface area (Å²) in [6.45, 7) is 3.10. The van der Waals surface area contributed by atoms with E-state index in [1.807, 2.05) is 41.8 Å². The van der Waals surface area contributed by atoms with E-state index in [1.165, 1.54) is 30.8 Å². The number of thiophene rings is 1. The number of amides is 3. The largest absolute Gasteiger partial charge is 0.339 e. The van der Waals surface area contributed by atoms with Crippen molar-refractivity contribution in [3.63, 3.8) is 0 Å². The SMILES string of the molecule is CC(=O)N1CCN(C(=O)CN2C(=O)CSC(c3cccs3)c3c(-c4ccccc4)nn(-c4ccc(F)cc4)c32)CC1. The van der Waals surface area contributed by atoms with Gasteiger partial charge in [0.1, 0.15) is 18.2 Å². The Labute approximate surface area is 245 Å². The Hall–Kier alpha value is -3.96. The molecule has 2 aliphatic rings. The molecule has 0 N–H and O–H groups in total. The number of carbonyl (C=O) groups excluding carboxylic acids is 3. The normalized spacial score (nSPS) is 17.4. The number of halogens is 1. The van der Waals surface area contributed by atoms with Crippen LogP contribution in [0.25, 0.3) is 16.9 Å². The fourth-order valence-corrected chi connectivity index (χ4v) is 7.44. The van der Waals surface area contributed by atoms with Gasteiger partial charge >= 0.3 is 0 Å². The van der Waals surface area contributed by atoms with Gasteiger partial charge in [-0.05, 0) is 35.7 Å². The van der Waals surface area contributed by atoms with E-state index in [2.05, 4.69) is 6.07 Å². The highest BCUT2D eigenvalue weighted by Gasteiger charge is 2.38. The van der Waals surface area contributed by atoms with Crippen molar-refractivity contribution in [2.24, 2.45) is 0 Å². The van der Waals surface area contributed by atoms with Crippen molar-refractivity contribution in [2.45, 2.75) is 12.2 Å². The van der Waals surface area contributed by atoms with Crippen LogP contribution in [0, 0.1) is 5.82 Å². The third kappa shape index (κ3) is 5.39. The molecule has 4 heterocycles. The molecule has 0 aliphatic carbocycles. The van der Waals surface area contributed by atoms with Crippen molar-refractivity contribution in [3.05, 3.63) is 88.4 Å². The maximum Gasteiger partial charge on any atom is 0.242 e. The van der Waals surface area contributed by atoms with Crippen molar-refractivity contribution in [1.29, 1.82) is 0 Å². The number of benzene rings is 2. The molecular formula is C30H28FN5O3S2. The number of carbonyl (C=O) groups is 3. The van der Waals surface area contributed by atoms with Crippen LogP contribution in [0.2, 0.25) is 0 Å². The highest BCUT2D eigenvalue weighted by Crippen LogP contribution is 2.49. The van der Waals surface area contributed by atoms with Gasteiger partial charge in [0.25, 0.3) is 0 Å². The summed E-state index contributed by atoms with van der Waals surface area (Å²) in [5.74, 6) is -0.0955. The molecule has 1 saturated heterocycles. The van der Waals surface area contributed by atoms with Gasteiger partial charge in [-0.3, -0.25) is 19.3 Å². The third-order valence-electron chi connectivity index (χ3n) is 7.38. The second-order valence-electron chi connectivity index (χ2n) is 9.91. The van der Waals surface area contributed by atoms with Crippen molar-refractivity contribution < 1.29 is 18.8 Å². The molecule has 41 heavy (non-hydrogen) atoms. The molecule has 1 fully saturated rings. The number of piperazine rings is 1. The van der Waals surface area contributed by atoms with Crippen LogP contribution >= 0.6 is 23.1 Å². The predicted octanol–water partition coefficient (Wildman–Crippen LogP) is 4.60. The zero-order valence-electron chi connectivity index (χ0n) is 22.4. The van der Waals surface area contributed by atoms with E-state index < -0.39 is 0 Å². The smallest absolute Gasteiger partial charge is 0.242 e. The first-order valence-corrected chi connectivity index (χ1v) is 15.3. The lowest BCUT2D eigenvalue weighted by Gasteiger charge is -2.35. The van der Waals surface area contributed by atoms with E-state index in [1.54, 1.807) is 42.9 Å². The molecule has 0 spiro atoms. The summed E-state index contributed by atoms with van der Waals surface area (Å²) in [6.07, 6.45) is 0. The summed E-state index contributed by atoms with van der Waals surface area (Å²) in [6, 6.07) is 19.8. The molecule has 8 nitrogen and oxygen atoms in total. The van der Waals surface area contributed by atoms with Gasteiger partial charge in [0, 0.05) is 49.1 Å². The number of aromatic nitrogens is 2. The first kappa shape index (κ1) is 27.2. The van der Waals surface area contributed by atoms with Gasteiger partial charge in [-0.25, -0.2) is 9.07 Å². The van der Waals surface area contributed by atoms with Gasteiger partial charge < -0.3 is 9.80 Å². The highest BCUT2D eigenvalue weighted by atomic mass is 32.2. The molecule has 2 aromatic carbocycles. The summed E-state index contributed by atoms with van der Waals surface area (Å²) in [7, 11) is 0. The second-order valence-corrected chi connectivity index (χ2v) is 12.0. The minimum absolute atomic E-state index is 0.0160. The number of anilines is 1. The molecular weight excluding hydrogens is 561 g/mol. The van der Waals surface area contributed by atoms with Crippen LogP contribution in [0.4, 0.5) is 10.2 Å². The molecule has 4 aromatic rings. The van der Waals surface area contributed by atoms with Crippen LogP contribution in [0.1, 0.15) is 22.6 Å². The summed E-state index contributed by atoms with van der Waals surface area (Å²) >= 11 is 3.13. The van der Waals surface area contributed by atoms with Crippen LogP contribution in [0.5, 0.6) is 0 Å². The zero-order chi connectivity index (χ0) is 28.5. The molecule has 3 amide bonds. The Morgan fingerprint density at radius 1 is 0.951 bits per heavy atom. The molecule has 0 radical (unpaired) electrons. The van der Waals surface area contributed by atoms with E-state index >= 15 is 0 Å². The first-order valence-electron chi connectivity index (χ1n) is 13.3. The van der Waals surface area contributed by atoms with E-state index in [0.29, 0.717) is 43.4 Å². The Balaban J connectivity index is 1.49. The second kappa shape index (κ2) is 11.5. The number of rotatable bonds is 5. The molecule has 2 aliphatic heterocycles. The Bertz CT molecular complexity index is 1570. The van der Waals surface area contributed by atoms with Crippen LogP contribution in [-0.4, -0.2) is 75.8 Å². The minimum Gasteiger partial charge on any atom is -0.339 e. The van der Waals surface area contributed by atoms with Gasteiger partial charge in [-0.15, -0.1) is 23.1 Å². The average molecular weight is 590 g/mol. The minimum atomic E-state index is -0.380. The fraction of sp³-hybridized carbons (Fsp3) is 0.267. The van der Waals surface area contributed by atoms with E-state index in [-0.39, 0.29) is 41.1 Å². The Morgan fingerprint density at radius 2 is 1.66 bits per heavy atom. The first-order chi connectivity index (χ1) is 19.9. The molecule has 1 unspecified atom stereocenters. The molecule has 11 heteroatoms. The van der Waals surface area contributed by atoms with Crippen LogP contribution in [0.15, 0.2) is 72.1 Å². The number of nitrogens with zero attached hydrogens (tertiary/aromatic N) is 5. The van der Waals surface area contributed by atoms with Gasteiger partial charge in [-0.2, -0.15) is 5.10 Å². The van der Waals surface area contributed by atoms with Crippen LogP contribution in [-0.2, 0) is 14.4 Å². The lowest BCUT2D eigenvalue weighted by Crippen LogP contribution is -2.53. The third-order valence-corrected chi connectivity index (χ3v) is 9.70. The predicted molar refractivity (Wildman–Crippen MR) is 159 cm³/mol. The number of fused-ring (bicyclic) bond motifs is 1. The van der Waals surface area contributed by atoms with Gasteiger partial charge in [0.15, 0.2) is 0 Å². The summed E-state index contributed by atoms with van der Waals surface area (Å²) in [5, 5.41) is 6.83. The van der Waals surface area contributed by atoms with Gasteiger partial charge in [-0.1, -0.05) is 36.4 Å². The zero-order valence-corrected chi connectivity index (χ0v) is 24.0. The Kier molecular flexibility index (Phi) is 7.63. The van der Waals surface area contributed by atoms with Crippen molar-refractivity contribution >= 4 is 46.6 Å². The van der Waals surface area contributed by atoms with Crippen molar-refractivity contribution in [3.8, 4) is 16.9 Å². The summed E-state index contributed by atoms with van der Waals surface area (Å²) < 4.78 is 15.6. The maximum atomic E-state index is 13.9. The standard InChI is InChI=1S/C30H28FN5O3S2/c1-20(37)33-13-15-34(16-14-33)25(38)18-35-26(39)19-41-29(24-8-5-17-40-24)27-28(21-6-3-2-4-7-21)32-36(30(27)35)23-11-9-22(31)10-12-23/h2-12,17,29H,13-16,18-19H2,1H3. The monoisotopic (exact) mass is 589 g/mol. The van der Waals surface area contributed by atoms with Crippen LogP contribution in [0.3, 0.4) is 0 Å². The quantitative estimate of drug-likeness (QED) is 0.340. The van der Waals surface area contributed by atoms with E-state index in [0.717, 1.165) is 16.0 Å². The maximum absolute atomic E-state index is 13.9. The van der Waals surface area contributed by atoms with Gasteiger partial charge in [0.2, 0.25) is 17.7 Å². The van der Waals surface area contributed by atoms with Crippen LogP contribution < -0.4 is 4.90 Å². The summed E-state index contributed by atoms with van der Waals surface area (Å²) in [5.41, 5.74) is 3.01. The molecule has 2 aromatic heterocycles. The number of hydrogen-bond acceptors (Lipinski definition) is 6. The topological polar surface area (TPSA) is 78.8 Å². The molecule has 0 saturated carbocycles. The number of hydrogen-bond donors (Lipinski definition) is 0.